The van der Waals surface area contributed by atoms with Gasteiger partial charge in [-0.2, -0.15) is 12.6 Å². The third kappa shape index (κ3) is 3.90. The minimum atomic E-state index is 0.818. The van der Waals surface area contributed by atoms with Crippen molar-refractivity contribution in [2.75, 3.05) is 25.4 Å². The Balaban J connectivity index is 2.21. The number of nitrogens with zero attached hydrogens (tertiary/aromatic N) is 1. The Morgan fingerprint density at radius 3 is 2.77 bits per heavy atom. The van der Waals surface area contributed by atoms with Crippen molar-refractivity contribution in [3.63, 3.8) is 0 Å². The highest BCUT2D eigenvalue weighted by Crippen LogP contribution is 2.18. The van der Waals surface area contributed by atoms with Crippen LogP contribution in [0.1, 0.15) is 33.1 Å². The lowest BCUT2D eigenvalue weighted by molar-refractivity contribution is 0.274. The van der Waals surface area contributed by atoms with E-state index in [1.807, 2.05) is 0 Å². The Hall–Kier alpha value is 0.310. The zero-order valence-electron chi connectivity index (χ0n) is 9.00. The molecule has 0 N–H and O–H groups in total. The number of rotatable bonds is 5. The van der Waals surface area contributed by atoms with Gasteiger partial charge < -0.3 is 4.90 Å². The molecule has 1 nitrogen and oxygen atoms in total. The minimum Gasteiger partial charge on any atom is -0.303 e. The molecule has 0 amide bonds. The van der Waals surface area contributed by atoms with Crippen LogP contribution in [0.5, 0.6) is 0 Å². The molecule has 0 spiro atoms. The molecule has 0 radical (unpaired) electrons. The van der Waals surface area contributed by atoms with Gasteiger partial charge in [-0.1, -0.05) is 20.3 Å². The van der Waals surface area contributed by atoms with E-state index < -0.39 is 0 Å². The van der Waals surface area contributed by atoms with Crippen LogP contribution in [0.3, 0.4) is 0 Å². The fourth-order valence-corrected chi connectivity index (χ4v) is 2.50. The molecule has 1 aliphatic rings. The smallest absolute Gasteiger partial charge is 0.00176 e. The molecule has 0 saturated carbocycles. The Kier molecular flexibility index (Phi) is 5.18. The molecule has 1 rings (SSSR count). The van der Waals surface area contributed by atoms with Crippen LogP contribution in [-0.2, 0) is 0 Å². The van der Waals surface area contributed by atoms with Gasteiger partial charge in [-0.25, -0.2) is 0 Å². The molecule has 0 aromatic carbocycles. The summed E-state index contributed by atoms with van der Waals surface area (Å²) in [5, 5.41) is 0. The predicted octanol–water partition coefficient (Wildman–Crippen LogP) is 2.67. The quantitative estimate of drug-likeness (QED) is 0.669. The average molecular weight is 201 g/mol. The lowest BCUT2D eigenvalue weighted by Gasteiger charge is -2.21. The van der Waals surface area contributed by atoms with Crippen LogP contribution in [0.2, 0.25) is 0 Å². The van der Waals surface area contributed by atoms with Crippen molar-refractivity contribution in [3.8, 4) is 0 Å². The van der Waals surface area contributed by atoms with Gasteiger partial charge in [0.25, 0.3) is 0 Å². The summed E-state index contributed by atoms with van der Waals surface area (Å²) in [4.78, 5) is 2.61. The topological polar surface area (TPSA) is 3.24 Å². The number of hydrogen-bond acceptors (Lipinski definition) is 2. The van der Waals surface area contributed by atoms with Crippen LogP contribution >= 0.6 is 12.6 Å². The molecule has 78 valence electrons. The highest BCUT2D eigenvalue weighted by molar-refractivity contribution is 7.80. The molecule has 0 aromatic heterocycles. The summed E-state index contributed by atoms with van der Waals surface area (Å²) in [6, 6.07) is 0. The van der Waals surface area contributed by atoms with Gasteiger partial charge in [-0.05, 0) is 37.0 Å². The van der Waals surface area contributed by atoms with Crippen LogP contribution < -0.4 is 0 Å². The Labute approximate surface area is 88.3 Å². The zero-order valence-corrected chi connectivity index (χ0v) is 9.89. The van der Waals surface area contributed by atoms with Crippen molar-refractivity contribution in [3.05, 3.63) is 0 Å². The van der Waals surface area contributed by atoms with Gasteiger partial charge in [-0.15, -0.1) is 0 Å². The van der Waals surface area contributed by atoms with Crippen LogP contribution in [0.25, 0.3) is 0 Å². The van der Waals surface area contributed by atoms with Crippen LogP contribution in [0.4, 0.5) is 0 Å². The number of likely N-dealkylation sites (tertiary alicyclic amines) is 1. The van der Waals surface area contributed by atoms with E-state index in [4.69, 9.17) is 0 Å². The van der Waals surface area contributed by atoms with E-state index in [1.165, 1.54) is 38.9 Å². The molecule has 0 bridgehead atoms. The summed E-state index contributed by atoms with van der Waals surface area (Å²) >= 11 is 4.42. The lowest BCUT2D eigenvalue weighted by Crippen LogP contribution is -2.28. The van der Waals surface area contributed by atoms with Crippen molar-refractivity contribution in [2.45, 2.75) is 33.1 Å². The molecule has 2 atom stereocenters. The summed E-state index contributed by atoms with van der Waals surface area (Å²) in [5.74, 6) is 2.79. The second-order valence-corrected chi connectivity index (χ2v) is 4.86. The second kappa shape index (κ2) is 5.92. The van der Waals surface area contributed by atoms with Gasteiger partial charge >= 0.3 is 0 Å². The van der Waals surface area contributed by atoms with Gasteiger partial charge in [-0.3, -0.25) is 0 Å². The van der Waals surface area contributed by atoms with Crippen molar-refractivity contribution in [1.82, 2.24) is 4.90 Å². The first-order valence-electron chi connectivity index (χ1n) is 5.59. The molecular formula is C11H23NS. The Bertz CT molecular complexity index is 136. The van der Waals surface area contributed by atoms with Gasteiger partial charge in [0.15, 0.2) is 0 Å². The van der Waals surface area contributed by atoms with E-state index in [1.54, 1.807) is 0 Å². The lowest BCUT2D eigenvalue weighted by atomic mass is 10.1. The van der Waals surface area contributed by atoms with Crippen LogP contribution in [0, 0.1) is 11.8 Å². The zero-order chi connectivity index (χ0) is 9.68. The maximum Gasteiger partial charge on any atom is 0.00176 e. The van der Waals surface area contributed by atoms with Crippen molar-refractivity contribution >= 4 is 12.6 Å². The predicted molar refractivity (Wildman–Crippen MR) is 62.5 cm³/mol. The largest absolute Gasteiger partial charge is 0.303 e. The summed E-state index contributed by atoms with van der Waals surface area (Å²) < 4.78 is 0. The minimum absolute atomic E-state index is 0.818. The molecule has 1 aliphatic heterocycles. The SMILES string of the molecule is CCCC(CS)CN1CCC(C)C1. The highest BCUT2D eigenvalue weighted by Gasteiger charge is 2.20. The normalized spacial score (nSPS) is 26.5. The van der Waals surface area contributed by atoms with Crippen LogP contribution in [-0.4, -0.2) is 30.3 Å². The van der Waals surface area contributed by atoms with Gasteiger partial charge in [0, 0.05) is 13.1 Å². The van der Waals surface area contributed by atoms with Gasteiger partial charge in [0.1, 0.15) is 0 Å². The summed E-state index contributed by atoms with van der Waals surface area (Å²) in [5.41, 5.74) is 0. The molecule has 0 aliphatic carbocycles. The van der Waals surface area contributed by atoms with E-state index >= 15 is 0 Å². The van der Waals surface area contributed by atoms with Crippen molar-refractivity contribution in [1.29, 1.82) is 0 Å². The van der Waals surface area contributed by atoms with Crippen molar-refractivity contribution in [2.24, 2.45) is 11.8 Å². The first kappa shape index (κ1) is 11.4. The average Bonchev–Trinajstić information content (AvgIpc) is 2.50. The molecule has 0 aromatic rings. The van der Waals surface area contributed by atoms with Crippen LogP contribution in [0.15, 0.2) is 0 Å². The molecule has 2 heteroatoms. The second-order valence-electron chi connectivity index (χ2n) is 4.49. The molecule has 1 saturated heterocycles. The third-order valence-corrected chi connectivity index (χ3v) is 3.50. The first-order valence-corrected chi connectivity index (χ1v) is 6.22. The van der Waals surface area contributed by atoms with Gasteiger partial charge in [0.05, 0.1) is 0 Å². The van der Waals surface area contributed by atoms with E-state index in [9.17, 15) is 0 Å². The molecule has 1 heterocycles. The summed E-state index contributed by atoms with van der Waals surface area (Å²) in [7, 11) is 0. The van der Waals surface area contributed by atoms with Gasteiger partial charge in [0.2, 0.25) is 0 Å². The Morgan fingerprint density at radius 2 is 2.31 bits per heavy atom. The number of thiol groups is 1. The monoisotopic (exact) mass is 201 g/mol. The fraction of sp³-hybridized carbons (Fsp3) is 1.00. The summed E-state index contributed by atoms with van der Waals surface area (Å²) in [6.45, 7) is 8.53. The first-order chi connectivity index (χ1) is 6.26. The standard InChI is InChI=1S/C11H23NS/c1-3-4-11(9-13)8-12-6-5-10(2)7-12/h10-11,13H,3-9H2,1-2H3. The van der Waals surface area contributed by atoms with E-state index in [0.717, 1.165) is 17.6 Å². The maximum absolute atomic E-state index is 4.42. The Morgan fingerprint density at radius 1 is 1.54 bits per heavy atom. The molecular weight excluding hydrogens is 178 g/mol. The summed E-state index contributed by atoms with van der Waals surface area (Å²) in [6.07, 6.45) is 4.04. The highest BCUT2D eigenvalue weighted by atomic mass is 32.1. The van der Waals surface area contributed by atoms with E-state index in [0.29, 0.717) is 0 Å². The van der Waals surface area contributed by atoms with Crippen molar-refractivity contribution < 1.29 is 0 Å². The van der Waals surface area contributed by atoms with E-state index in [2.05, 4.69) is 31.4 Å². The molecule has 13 heavy (non-hydrogen) atoms. The van der Waals surface area contributed by atoms with E-state index in [-0.39, 0.29) is 0 Å². The maximum atomic E-state index is 4.42. The molecule has 2 unspecified atom stereocenters. The number of hydrogen-bond donors (Lipinski definition) is 1. The third-order valence-electron chi connectivity index (χ3n) is 2.98. The fourth-order valence-electron chi connectivity index (χ4n) is 2.21. The molecule has 1 fully saturated rings.